The fourth-order valence-corrected chi connectivity index (χ4v) is 3.26. The number of hydrogen-bond acceptors (Lipinski definition) is 5. The van der Waals surface area contributed by atoms with Crippen LogP contribution in [0.5, 0.6) is 0 Å². The highest BCUT2D eigenvalue weighted by Gasteiger charge is 2.22. The Balaban J connectivity index is 2.13. The number of nitrogens with one attached hydrogen (secondary N) is 1. The van der Waals surface area contributed by atoms with Crippen LogP contribution in [-0.4, -0.2) is 44.8 Å². The summed E-state index contributed by atoms with van der Waals surface area (Å²) in [6.07, 6.45) is -1.09. The van der Waals surface area contributed by atoms with E-state index < -0.39 is 28.0 Å². The minimum absolute atomic E-state index is 0.0456. The summed E-state index contributed by atoms with van der Waals surface area (Å²) in [6, 6.07) is 10.5. The third-order valence-corrected chi connectivity index (χ3v) is 6.04. The molecule has 2 aromatic rings. The average molecular weight is 425 g/mol. The van der Waals surface area contributed by atoms with Crippen LogP contribution >= 0.6 is 11.6 Å². The van der Waals surface area contributed by atoms with Crippen molar-refractivity contribution in [2.24, 2.45) is 0 Å². The van der Waals surface area contributed by atoms with Crippen molar-refractivity contribution in [3.8, 4) is 0 Å². The zero-order valence-corrected chi connectivity index (χ0v) is 17.5. The molecule has 1 unspecified atom stereocenters. The van der Waals surface area contributed by atoms with E-state index in [2.05, 4.69) is 5.32 Å². The van der Waals surface area contributed by atoms with Gasteiger partial charge in [0.15, 0.2) is 6.10 Å². The maximum atomic E-state index is 12.4. The summed E-state index contributed by atoms with van der Waals surface area (Å²) < 4.78 is 30.8. The summed E-state index contributed by atoms with van der Waals surface area (Å²) in [7, 11) is -0.800. The second kappa shape index (κ2) is 8.72. The number of aryl methyl sites for hydroxylation is 1. The molecule has 9 heteroatoms. The van der Waals surface area contributed by atoms with E-state index >= 15 is 0 Å². The maximum absolute atomic E-state index is 12.4. The molecule has 0 aliphatic carbocycles. The van der Waals surface area contributed by atoms with E-state index in [4.69, 9.17) is 16.3 Å². The Morgan fingerprint density at radius 3 is 2.29 bits per heavy atom. The van der Waals surface area contributed by atoms with Crippen molar-refractivity contribution in [2.75, 3.05) is 19.4 Å². The number of ether oxygens (including phenoxy) is 1. The molecule has 1 atom stereocenters. The highest BCUT2D eigenvalue weighted by atomic mass is 35.5. The van der Waals surface area contributed by atoms with Crippen molar-refractivity contribution < 1.29 is 22.7 Å². The summed E-state index contributed by atoms with van der Waals surface area (Å²) in [5, 5.41) is 3.08. The van der Waals surface area contributed by atoms with Crippen molar-refractivity contribution in [3.05, 3.63) is 58.6 Å². The lowest BCUT2D eigenvalue weighted by molar-refractivity contribution is -0.123. The van der Waals surface area contributed by atoms with Crippen LogP contribution in [0.15, 0.2) is 47.4 Å². The molecule has 0 bridgehead atoms. The SMILES string of the molecule is Cc1ccc(S(=O)(=O)N(C)C)cc1NC(=O)C(C)OC(=O)c1ccc(Cl)cc1. The fourth-order valence-electron chi connectivity index (χ4n) is 2.21. The number of halogens is 1. The predicted octanol–water partition coefficient (Wildman–Crippen LogP) is 3.08. The number of amides is 1. The normalized spacial score (nSPS) is 12.5. The molecule has 0 spiro atoms. The van der Waals surface area contributed by atoms with E-state index in [1.807, 2.05) is 0 Å². The third-order valence-electron chi connectivity index (χ3n) is 3.98. The van der Waals surface area contributed by atoms with Gasteiger partial charge in [0.25, 0.3) is 5.91 Å². The van der Waals surface area contributed by atoms with Crippen LogP contribution in [-0.2, 0) is 19.6 Å². The molecule has 0 aliphatic rings. The largest absolute Gasteiger partial charge is 0.449 e. The Bertz CT molecular complexity index is 988. The number of anilines is 1. The van der Waals surface area contributed by atoms with Gasteiger partial charge in [-0.15, -0.1) is 0 Å². The lowest BCUT2D eigenvalue weighted by Crippen LogP contribution is -2.30. The zero-order chi connectivity index (χ0) is 21.1. The molecule has 0 heterocycles. The van der Waals surface area contributed by atoms with E-state index in [1.165, 1.54) is 45.3 Å². The van der Waals surface area contributed by atoms with E-state index in [-0.39, 0.29) is 10.5 Å². The molecule has 0 aromatic heterocycles. The van der Waals surface area contributed by atoms with E-state index in [0.29, 0.717) is 16.3 Å². The number of esters is 1. The average Bonchev–Trinajstić information content (AvgIpc) is 2.63. The van der Waals surface area contributed by atoms with Gasteiger partial charge in [-0.3, -0.25) is 4.79 Å². The number of nitrogens with zero attached hydrogens (tertiary/aromatic N) is 1. The van der Waals surface area contributed by atoms with Crippen molar-refractivity contribution in [1.29, 1.82) is 0 Å². The van der Waals surface area contributed by atoms with Crippen molar-refractivity contribution >= 4 is 39.2 Å². The number of hydrogen-bond donors (Lipinski definition) is 1. The van der Waals surface area contributed by atoms with Gasteiger partial charge in [-0.05, 0) is 55.8 Å². The van der Waals surface area contributed by atoms with Gasteiger partial charge in [0.2, 0.25) is 10.0 Å². The summed E-state index contributed by atoms with van der Waals surface area (Å²) in [5.41, 5.74) is 1.25. The molecule has 7 nitrogen and oxygen atoms in total. The topological polar surface area (TPSA) is 92.8 Å². The lowest BCUT2D eigenvalue weighted by atomic mass is 10.2. The molecule has 2 rings (SSSR count). The van der Waals surface area contributed by atoms with Gasteiger partial charge in [0.05, 0.1) is 10.5 Å². The monoisotopic (exact) mass is 424 g/mol. The first kappa shape index (κ1) is 21.9. The van der Waals surface area contributed by atoms with Crippen LogP contribution in [0.2, 0.25) is 5.02 Å². The van der Waals surface area contributed by atoms with Crippen LogP contribution in [0.4, 0.5) is 5.69 Å². The van der Waals surface area contributed by atoms with Crippen molar-refractivity contribution in [1.82, 2.24) is 4.31 Å². The van der Waals surface area contributed by atoms with E-state index in [9.17, 15) is 18.0 Å². The molecule has 1 N–H and O–H groups in total. The highest BCUT2D eigenvalue weighted by Crippen LogP contribution is 2.22. The fraction of sp³-hybridized carbons (Fsp3) is 0.263. The lowest BCUT2D eigenvalue weighted by Gasteiger charge is -2.17. The van der Waals surface area contributed by atoms with Gasteiger partial charge in [-0.25, -0.2) is 17.5 Å². The van der Waals surface area contributed by atoms with Gasteiger partial charge in [-0.2, -0.15) is 0 Å². The first-order chi connectivity index (χ1) is 13.0. The molecule has 2 aromatic carbocycles. The van der Waals surface area contributed by atoms with Crippen LogP contribution in [0, 0.1) is 6.92 Å². The van der Waals surface area contributed by atoms with Gasteiger partial charge in [-0.1, -0.05) is 17.7 Å². The summed E-state index contributed by atoms with van der Waals surface area (Å²) in [5.74, 6) is -1.25. The second-order valence-corrected chi connectivity index (χ2v) is 8.90. The Morgan fingerprint density at radius 1 is 1.11 bits per heavy atom. The standard InChI is InChI=1S/C19H21ClN2O5S/c1-12-5-10-16(28(25,26)22(3)4)11-17(12)21-18(23)13(2)27-19(24)14-6-8-15(20)9-7-14/h5-11,13H,1-4H3,(H,21,23). The summed E-state index contributed by atoms with van der Waals surface area (Å²) in [4.78, 5) is 24.6. The van der Waals surface area contributed by atoms with Gasteiger partial charge < -0.3 is 10.1 Å². The minimum Gasteiger partial charge on any atom is -0.449 e. The number of rotatable bonds is 6. The molecular formula is C19H21ClN2O5S. The molecule has 1 amide bonds. The highest BCUT2D eigenvalue weighted by molar-refractivity contribution is 7.89. The maximum Gasteiger partial charge on any atom is 0.338 e. The summed E-state index contributed by atoms with van der Waals surface area (Å²) >= 11 is 5.78. The smallest absolute Gasteiger partial charge is 0.338 e. The Labute approximate surface area is 169 Å². The third kappa shape index (κ3) is 5.09. The predicted molar refractivity (Wildman–Crippen MR) is 107 cm³/mol. The number of sulfonamides is 1. The molecule has 0 saturated carbocycles. The molecule has 0 radical (unpaired) electrons. The Hall–Kier alpha value is -2.42. The van der Waals surface area contributed by atoms with Crippen LogP contribution < -0.4 is 5.32 Å². The van der Waals surface area contributed by atoms with Gasteiger partial charge in [0.1, 0.15) is 0 Å². The van der Waals surface area contributed by atoms with Crippen LogP contribution in [0.25, 0.3) is 0 Å². The quantitative estimate of drug-likeness (QED) is 0.719. The van der Waals surface area contributed by atoms with Gasteiger partial charge >= 0.3 is 5.97 Å². The van der Waals surface area contributed by atoms with Crippen LogP contribution in [0.1, 0.15) is 22.8 Å². The number of benzene rings is 2. The summed E-state index contributed by atoms with van der Waals surface area (Å²) in [6.45, 7) is 3.16. The van der Waals surface area contributed by atoms with Gasteiger partial charge in [0, 0.05) is 24.8 Å². The molecule has 0 aliphatic heterocycles. The molecular weight excluding hydrogens is 404 g/mol. The molecule has 0 saturated heterocycles. The first-order valence-electron chi connectivity index (χ1n) is 8.33. The second-order valence-electron chi connectivity index (χ2n) is 6.31. The molecule has 28 heavy (non-hydrogen) atoms. The van der Waals surface area contributed by atoms with E-state index in [1.54, 1.807) is 25.1 Å². The van der Waals surface area contributed by atoms with Crippen molar-refractivity contribution in [3.63, 3.8) is 0 Å². The Morgan fingerprint density at radius 2 is 1.71 bits per heavy atom. The van der Waals surface area contributed by atoms with E-state index in [0.717, 1.165) is 4.31 Å². The Kier molecular flexibility index (Phi) is 6.82. The van der Waals surface area contributed by atoms with Crippen molar-refractivity contribution in [2.45, 2.75) is 24.8 Å². The molecule has 150 valence electrons. The first-order valence-corrected chi connectivity index (χ1v) is 10.1. The number of carbonyl (C=O) groups excluding carboxylic acids is 2. The zero-order valence-electron chi connectivity index (χ0n) is 15.9. The minimum atomic E-state index is -3.64. The number of carbonyl (C=O) groups is 2. The molecule has 0 fully saturated rings. The van der Waals surface area contributed by atoms with Crippen LogP contribution in [0.3, 0.4) is 0 Å².